The summed E-state index contributed by atoms with van der Waals surface area (Å²) in [5, 5.41) is 3.38. The molecule has 1 aromatic carbocycles. The molecule has 1 N–H and O–H groups in total. The van der Waals surface area contributed by atoms with Crippen LogP contribution in [0.1, 0.15) is 70.8 Å². The van der Waals surface area contributed by atoms with Crippen molar-refractivity contribution in [3.8, 4) is 5.88 Å². The van der Waals surface area contributed by atoms with E-state index in [4.69, 9.17) is 14.5 Å². The molecule has 6 nitrogen and oxygen atoms in total. The number of anilines is 3. The highest BCUT2D eigenvalue weighted by molar-refractivity contribution is 5.60. The zero-order chi connectivity index (χ0) is 22.8. The van der Waals surface area contributed by atoms with E-state index in [1.54, 1.807) is 0 Å². The van der Waals surface area contributed by atoms with Crippen LogP contribution in [0, 0.1) is 11.8 Å². The zero-order valence-corrected chi connectivity index (χ0v) is 20.3. The van der Waals surface area contributed by atoms with Crippen LogP contribution in [0.3, 0.4) is 0 Å². The molecule has 3 aliphatic rings. The zero-order valence-electron chi connectivity index (χ0n) is 20.3. The van der Waals surface area contributed by atoms with Crippen molar-refractivity contribution < 1.29 is 9.47 Å². The lowest BCUT2D eigenvalue weighted by Crippen LogP contribution is -2.45. The van der Waals surface area contributed by atoms with Gasteiger partial charge in [0.15, 0.2) is 0 Å². The second-order valence-corrected chi connectivity index (χ2v) is 10.5. The van der Waals surface area contributed by atoms with Gasteiger partial charge >= 0.3 is 0 Å². The van der Waals surface area contributed by atoms with E-state index in [1.165, 1.54) is 49.8 Å². The van der Waals surface area contributed by atoms with Gasteiger partial charge in [0.25, 0.3) is 0 Å². The number of nitrogens with one attached hydrogen (secondary N) is 1. The standard InChI is InChI=1S/C27H38N4O2/c1-18-4-6-21(7-5-18)17-32-26-25(22-8-9-22)14-28-27(30-26)29-23-10-12-24(13-11-23)31-15-19(2)33-20(3)16-31/h10-14,18-22H,4-9,15-17H2,1-3H3,(H,28,29,30)/t18?,19-,20+,21?. The molecule has 5 rings (SSSR count). The van der Waals surface area contributed by atoms with Crippen LogP contribution in [0.5, 0.6) is 5.88 Å². The Balaban J connectivity index is 1.24. The van der Waals surface area contributed by atoms with E-state index in [-0.39, 0.29) is 12.2 Å². The molecule has 0 unspecified atom stereocenters. The van der Waals surface area contributed by atoms with Crippen LogP contribution in [0.4, 0.5) is 17.3 Å². The van der Waals surface area contributed by atoms with Gasteiger partial charge in [-0.1, -0.05) is 19.8 Å². The molecule has 2 aromatic rings. The summed E-state index contributed by atoms with van der Waals surface area (Å²) < 4.78 is 12.2. The molecule has 2 aliphatic carbocycles. The first-order valence-corrected chi connectivity index (χ1v) is 12.8. The third kappa shape index (κ3) is 5.78. The maximum atomic E-state index is 6.30. The molecule has 6 heteroatoms. The quantitative estimate of drug-likeness (QED) is 0.565. The molecule has 1 saturated heterocycles. The molecular weight excluding hydrogens is 412 g/mol. The van der Waals surface area contributed by atoms with Crippen molar-refractivity contribution in [3.05, 3.63) is 36.0 Å². The van der Waals surface area contributed by atoms with Gasteiger partial charge in [-0.3, -0.25) is 0 Å². The molecule has 0 amide bonds. The summed E-state index contributed by atoms with van der Waals surface area (Å²) in [5.41, 5.74) is 3.38. The SMILES string of the molecule is CC1CCC(COc2nc(Nc3ccc(N4C[C@@H](C)O[C@@H](C)C4)cc3)ncc2C2CC2)CC1. The normalized spacial score (nSPS) is 27.9. The first kappa shape index (κ1) is 22.5. The highest BCUT2D eigenvalue weighted by Gasteiger charge is 2.29. The van der Waals surface area contributed by atoms with Crippen molar-refractivity contribution in [2.75, 3.05) is 29.9 Å². The molecule has 2 heterocycles. The monoisotopic (exact) mass is 450 g/mol. The average molecular weight is 451 g/mol. The van der Waals surface area contributed by atoms with Crippen molar-refractivity contribution in [2.24, 2.45) is 11.8 Å². The Hall–Kier alpha value is -2.34. The third-order valence-corrected chi connectivity index (χ3v) is 7.30. The molecule has 33 heavy (non-hydrogen) atoms. The van der Waals surface area contributed by atoms with E-state index >= 15 is 0 Å². The molecule has 1 aliphatic heterocycles. The Labute approximate surface area is 198 Å². The number of benzene rings is 1. The Bertz CT molecular complexity index is 912. The van der Waals surface area contributed by atoms with Crippen LogP contribution in [-0.2, 0) is 4.74 Å². The third-order valence-electron chi connectivity index (χ3n) is 7.30. The maximum Gasteiger partial charge on any atom is 0.230 e. The van der Waals surface area contributed by atoms with Gasteiger partial charge < -0.3 is 19.7 Å². The van der Waals surface area contributed by atoms with Crippen LogP contribution >= 0.6 is 0 Å². The molecule has 2 saturated carbocycles. The topological polar surface area (TPSA) is 59.5 Å². The number of rotatable bonds is 7. The van der Waals surface area contributed by atoms with Crippen molar-refractivity contribution >= 4 is 17.3 Å². The lowest BCUT2D eigenvalue weighted by atomic mass is 9.83. The number of hydrogen-bond donors (Lipinski definition) is 1. The van der Waals surface area contributed by atoms with Crippen molar-refractivity contribution in [2.45, 2.75) is 77.4 Å². The van der Waals surface area contributed by atoms with Gasteiger partial charge in [0.2, 0.25) is 11.8 Å². The van der Waals surface area contributed by atoms with Crippen LogP contribution in [0.15, 0.2) is 30.5 Å². The van der Waals surface area contributed by atoms with Gasteiger partial charge in [-0.05, 0) is 81.5 Å². The number of morpholine rings is 1. The highest BCUT2D eigenvalue weighted by Crippen LogP contribution is 2.44. The van der Waals surface area contributed by atoms with Gasteiger partial charge in [-0.25, -0.2) is 4.98 Å². The summed E-state index contributed by atoms with van der Waals surface area (Å²) in [7, 11) is 0. The largest absolute Gasteiger partial charge is 0.477 e. The Morgan fingerprint density at radius 1 is 0.970 bits per heavy atom. The molecule has 2 atom stereocenters. The lowest BCUT2D eigenvalue weighted by Gasteiger charge is -2.36. The molecule has 0 spiro atoms. The van der Waals surface area contributed by atoms with Crippen molar-refractivity contribution in [3.63, 3.8) is 0 Å². The maximum absolute atomic E-state index is 6.30. The fraction of sp³-hybridized carbons (Fsp3) is 0.630. The summed E-state index contributed by atoms with van der Waals surface area (Å²) in [6, 6.07) is 8.52. The summed E-state index contributed by atoms with van der Waals surface area (Å²) in [6.07, 6.45) is 10.1. The number of hydrogen-bond acceptors (Lipinski definition) is 6. The predicted molar refractivity (Wildman–Crippen MR) is 133 cm³/mol. The van der Waals surface area contributed by atoms with E-state index < -0.39 is 0 Å². The molecule has 178 valence electrons. The van der Waals surface area contributed by atoms with E-state index in [0.29, 0.717) is 17.8 Å². The second kappa shape index (κ2) is 9.88. The average Bonchev–Trinajstić information content (AvgIpc) is 3.64. The van der Waals surface area contributed by atoms with E-state index in [2.05, 4.69) is 60.2 Å². The molecule has 0 bridgehead atoms. The van der Waals surface area contributed by atoms with E-state index in [1.807, 2.05) is 6.20 Å². The first-order chi connectivity index (χ1) is 16.0. The minimum Gasteiger partial charge on any atom is -0.477 e. The van der Waals surface area contributed by atoms with Gasteiger partial charge in [0.1, 0.15) is 0 Å². The van der Waals surface area contributed by atoms with E-state index in [9.17, 15) is 0 Å². The van der Waals surface area contributed by atoms with Crippen molar-refractivity contribution in [1.29, 1.82) is 0 Å². The number of ether oxygens (including phenoxy) is 2. The fourth-order valence-corrected chi connectivity index (χ4v) is 5.19. The van der Waals surface area contributed by atoms with Crippen LogP contribution in [0.25, 0.3) is 0 Å². The van der Waals surface area contributed by atoms with Crippen LogP contribution < -0.4 is 15.0 Å². The highest BCUT2D eigenvalue weighted by atomic mass is 16.5. The minimum absolute atomic E-state index is 0.250. The Morgan fingerprint density at radius 3 is 2.33 bits per heavy atom. The molecule has 3 fully saturated rings. The lowest BCUT2D eigenvalue weighted by molar-refractivity contribution is -0.00521. The molecular formula is C27H38N4O2. The van der Waals surface area contributed by atoms with Gasteiger partial charge in [-0.15, -0.1) is 0 Å². The first-order valence-electron chi connectivity index (χ1n) is 12.8. The van der Waals surface area contributed by atoms with Crippen molar-refractivity contribution in [1.82, 2.24) is 9.97 Å². The van der Waals surface area contributed by atoms with Gasteiger partial charge in [0.05, 0.1) is 18.8 Å². The molecule has 0 radical (unpaired) electrons. The van der Waals surface area contributed by atoms with Gasteiger partial charge in [0, 0.05) is 36.2 Å². The van der Waals surface area contributed by atoms with Crippen LogP contribution in [-0.4, -0.2) is 41.9 Å². The summed E-state index contributed by atoms with van der Waals surface area (Å²) >= 11 is 0. The predicted octanol–water partition coefficient (Wildman–Crippen LogP) is 5.92. The summed E-state index contributed by atoms with van der Waals surface area (Å²) in [4.78, 5) is 11.8. The smallest absolute Gasteiger partial charge is 0.230 e. The van der Waals surface area contributed by atoms with Crippen LogP contribution in [0.2, 0.25) is 0 Å². The van der Waals surface area contributed by atoms with Gasteiger partial charge in [-0.2, -0.15) is 4.98 Å². The Kier molecular flexibility index (Phi) is 6.72. The number of aromatic nitrogens is 2. The van der Waals surface area contributed by atoms with E-state index in [0.717, 1.165) is 37.2 Å². The Morgan fingerprint density at radius 2 is 1.67 bits per heavy atom. The second-order valence-electron chi connectivity index (χ2n) is 10.5. The summed E-state index contributed by atoms with van der Waals surface area (Å²) in [6.45, 7) is 9.24. The molecule has 1 aromatic heterocycles. The fourth-order valence-electron chi connectivity index (χ4n) is 5.19. The number of nitrogens with zero attached hydrogens (tertiary/aromatic N) is 3. The minimum atomic E-state index is 0.250. The summed E-state index contributed by atoms with van der Waals surface area (Å²) in [5.74, 6) is 3.46.